The number of para-hydroxylation sites is 1. The largest absolute Gasteiger partial charge is 0.503 e. The lowest BCUT2D eigenvalue weighted by molar-refractivity contribution is 0.210. The molecule has 110 valence electrons. The van der Waals surface area contributed by atoms with Crippen LogP contribution in [0.25, 0.3) is 10.9 Å². The minimum Gasteiger partial charge on any atom is -0.503 e. The molecule has 0 unspecified atom stereocenters. The fourth-order valence-electron chi connectivity index (χ4n) is 1.87. The molecule has 6 nitrogen and oxygen atoms in total. The second kappa shape index (κ2) is 5.65. The number of halogens is 1. The van der Waals surface area contributed by atoms with E-state index in [0.29, 0.717) is 5.69 Å². The van der Waals surface area contributed by atoms with Crippen LogP contribution in [-0.4, -0.2) is 21.4 Å². The smallest absolute Gasteiger partial charge is 0.418 e. The quantitative estimate of drug-likeness (QED) is 0.759. The summed E-state index contributed by atoms with van der Waals surface area (Å²) in [5.74, 6) is -1.39. The van der Waals surface area contributed by atoms with Crippen LogP contribution in [0, 0.1) is 5.82 Å². The molecule has 0 aliphatic carbocycles. The van der Waals surface area contributed by atoms with Crippen molar-refractivity contribution in [2.24, 2.45) is 0 Å². The molecule has 2 N–H and O–H groups in total. The lowest BCUT2D eigenvalue weighted by Crippen LogP contribution is -2.17. The van der Waals surface area contributed by atoms with Crippen molar-refractivity contribution >= 4 is 22.7 Å². The number of aromatic nitrogens is 2. The molecule has 0 saturated carbocycles. The van der Waals surface area contributed by atoms with Gasteiger partial charge in [0.25, 0.3) is 5.88 Å². The number of fused-ring (bicyclic) bond motifs is 1. The van der Waals surface area contributed by atoms with Crippen molar-refractivity contribution in [1.29, 1.82) is 0 Å². The van der Waals surface area contributed by atoms with Crippen LogP contribution in [0.5, 0.6) is 11.6 Å². The highest BCUT2D eigenvalue weighted by Crippen LogP contribution is 2.31. The standard InChI is InChI=1S/C15H10FN3O3/c16-9-6-7-12-11(8-9)13(20)14(19-18-12)22-15(21)17-10-4-2-1-3-5-10/h1-8H,(H,17,21)(H,18,20). The predicted molar refractivity (Wildman–Crippen MR) is 77.2 cm³/mol. The van der Waals surface area contributed by atoms with E-state index in [2.05, 4.69) is 15.5 Å². The second-order valence-corrected chi connectivity index (χ2v) is 4.40. The van der Waals surface area contributed by atoms with E-state index < -0.39 is 23.5 Å². The maximum atomic E-state index is 13.2. The molecular formula is C15H10FN3O3. The van der Waals surface area contributed by atoms with Gasteiger partial charge in [0.05, 0.1) is 10.9 Å². The third-order valence-corrected chi connectivity index (χ3v) is 2.87. The molecule has 2 aromatic carbocycles. The number of aromatic hydroxyl groups is 1. The first-order valence-electron chi connectivity index (χ1n) is 6.32. The van der Waals surface area contributed by atoms with Gasteiger partial charge in [-0.2, -0.15) is 0 Å². The van der Waals surface area contributed by atoms with Crippen LogP contribution in [0.15, 0.2) is 48.5 Å². The minimum absolute atomic E-state index is 0.109. The van der Waals surface area contributed by atoms with Gasteiger partial charge in [0.15, 0.2) is 5.75 Å². The Morgan fingerprint density at radius 1 is 1.14 bits per heavy atom. The topological polar surface area (TPSA) is 84.3 Å². The van der Waals surface area contributed by atoms with Gasteiger partial charge in [0.1, 0.15) is 5.82 Å². The molecular weight excluding hydrogens is 289 g/mol. The number of carbonyl (C=O) groups excluding carboxylic acids is 1. The summed E-state index contributed by atoms with van der Waals surface area (Å²) in [6, 6.07) is 12.3. The Balaban J connectivity index is 1.84. The van der Waals surface area contributed by atoms with Crippen molar-refractivity contribution < 1.29 is 19.0 Å². The fraction of sp³-hybridized carbons (Fsp3) is 0. The first kappa shape index (κ1) is 13.7. The van der Waals surface area contributed by atoms with Gasteiger partial charge in [-0.15, -0.1) is 10.2 Å². The molecule has 1 aromatic heterocycles. The van der Waals surface area contributed by atoms with E-state index >= 15 is 0 Å². The molecule has 7 heteroatoms. The number of anilines is 1. The second-order valence-electron chi connectivity index (χ2n) is 4.40. The first-order valence-corrected chi connectivity index (χ1v) is 6.32. The molecule has 0 radical (unpaired) electrons. The molecule has 0 spiro atoms. The number of ether oxygens (including phenoxy) is 1. The Morgan fingerprint density at radius 3 is 2.68 bits per heavy atom. The van der Waals surface area contributed by atoms with Crippen molar-refractivity contribution in [3.8, 4) is 11.6 Å². The van der Waals surface area contributed by atoms with Crippen LogP contribution >= 0.6 is 0 Å². The highest BCUT2D eigenvalue weighted by molar-refractivity contribution is 5.89. The minimum atomic E-state index is -0.841. The maximum Gasteiger partial charge on any atom is 0.418 e. The summed E-state index contributed by atoms with van der Waals surface area (Å²) in [6.45, 7) is 0. The summed E-state index contributed by atoms with van der Waals surface area (Å²) in [6.07, 6.45) is -0.841. The highest BCUT2D eigenvalue weighted by atomic mass is 19.1. The van der Waals surface area contributed by atoms with Crippen molar-refractivity contribution in [2.75, 3.05) is 5.32 Å². The molecule has 1 amide bonds. The maximum absolute atomic E-state index is 13.2. The lowest BCUT2D eigenvalue weighted by atomic mass is 10.2. The summed E-state index contributed by atoms with van der Waals surface area (Å²) in [7, 11) is 0. The van der Waals surface area contributed by atoms with Gasteiger partial charge in [-0.05, 0) is 30.3 Å². The van der Waals surface area contributed by atoms with Crippen molar-refractivity contribution in [3.05, 3.63) is 54.3 Å². The molecule has 0 aliphatic rings. The number of benzene rings is 2. The Kier molecular flexibility index (Phi) is 3.53. The molecule has 0 saturated heterocycles. The van der Waals surface area contributed by atoms with Crippen LogP contribution in [0.4, 0.5) is 14.9 Å². The number of rotatable bonds is 2. The molecule has 22 heavy (non-hydrogen) atoms. The van der Waals surface area contributed by atoms with Gasteiger partial charge >= 0.3 is 6.09 Å². The zero-order valence-corrected chi connectivity index (χ0v) is 11.2. The number of nitrogens with one attached hydrogen (secondary N) is 1. The summed E-state index contributed by atoms with van der Waals surface area (Å²) in [5.41, 5.74) is 0.807. The molecule has 3 rings (SSSR count). The van der Waals surface area contributed by atoms with Crippen LogP contribution in [-0.2, 0) is 0 Å². The zero-order valence-electron chi connectivity index (χ0n) is 11.2. The van der Waals surface area contributed by atoms with Crippen LogP contribution in [0.1, 0.15) is 0 Å². The van der Waals surface area contributed by atoms with Gasteiger partial charge in [-0.25, -0.2) is 9.18 Å². The number of carbonyl (C=O) groups is 1. The van der Waals surface area contributed by atoms with Crippen molar-refractivity contribution in [1.82, 2.24) is 10.2 Å². The normalized spacial score (nSPS) is 10.4. The summed E-state index contributed by atoms with van der Waals surface area (Å²) in [5, 5.41) is 20.0. The van der Waals surface area contributed by atoms with E-state index in [1.807, 2.05) is 0 Å². The van der Waals surface area contributed by atoms with E-state index in [0.717, 1.165) is 6.07 Å². The molecule has 0 fully saturated rings. The van der Waals surface area contributed by atoms with Crippen LogP contribution in [0.2, 0.25) is 0 Å². The molecule has 1 heterocycles. The van der Waals surface area contributed by atoms with Crippen LogP contribution < -0.4 is 10.1 Å². The number of hydrogen-bond donors (Lipinski definition) is 2. The third kappa shape index (κ3) is 2.78. The van der Waals surface area contributed by atoms with Crippen molar-refractivity contribution in [3.63, 3.8) is 0 Å². The van der Waals surface area contributed by atoms with E-state index in [1.54, 1.807) is 30.3 Å². The van der Waals surface area contributed by atoms with Crippen LogP contribution in [0.3, 0.4) is 0 Å². The highest BCUT2D eigenvalue weighted by Gasteiger charge is 2.15. The Bertz CT molecular complexity index is 840. The van der Waals surface area contributed by atoms with Gasteiger partial charge in [-0.1, -0.05) is 18.2 Å². The van der Waals surface area contributed by atoms with Crippen molar-refractivity contribution in [2.45, 2.75) is 0 Å². The molecule has 0 bridgehead atoms. The first-order chi connectivity index (χ1) is 10.6. The van der Waals surface area contributed by atoms with Gasteiger partial charge in [0.2, 0.25) is 0 Å². The molecule has 0 aliphatic heterocycles. The zero-order chi connectivity index (χ0) is 15.5. The van der Waals surface area contributed by atoms with Gasteiger partial charge in [0, 0.05) is 5.69 Å². The molecule has 3 aromatic rings. The summed E-state index contributed by atoms with van der Waals surface area (Å²) in [4.78, 5) is 11.8. The number of amides is 1. The number of nitrogens with zero attached hydrogens (tertiary/aromatic N) is 2. The van der Waals surface area contributed by atoms with Gasteiger partial charge in [-0.3, -0.25) is 5.32 Å². The monoisotopic (exact) mass is 299 g/mol. The Morgan fingerprint density at radius 2 is 1.91 bits per heavy atom. The third-order valence-electron chi connectivity index (χ3n) is 2.87. The average Bonchev–Trinajstić information content (AvgIpc) is 2.51. The Labute approximate surface area is 124 Å². The molecule has 0 atom stereocenters. The van der Waals surface area contributed by atoms with E-state index in [-0.39, 0.29) is 10.9 Å². The average molecular weight is 299 g/mol. The Hall–Kier alpha value is -3.22. The van der Waals surface area contributed by atoms with Gasteiger partial charge < -0.3 is 9.84 Å². The van der Waals surface area contributed by atoms with E-state index in [1.165, 1.54) is 12.1 Å². The summed E-state index contributed by atoms with van der Waals surface area (Å²) < 4.78 is 18.1. The number of hydrogen-bond acceptors (Lipinski definition) is 5. The predicted octanol–water partition coefficient (Wildman–Crippen LogP) is 3.09. The summed E-state index contributed by atoms with van der Waals surface area (Å²) >= 11 is 0. The fourth-order valence-corrected chi connectivity index (χ4v) is 1.87. The van der Waals surface area contributed by atoms with E-state index in [9.17, 15) is 14.3 Å². The SMILES string of the molecule is O=C(Nc1ccccc1)Oc1nnc2ccc(F)cc2c1O. The van der Waals surface area contributed by atoms with E-state index in [4.69, 9.17) is 4.74 Å². The lowest BCUT2D eigenvalue weighted by Gasteiger charge is -2.08.